The minimum Gasteiger partial charge on any atom is -0.406 e. The second kappa shape index (κ2) is 19.0. The monoisotopic (exact) mass is 875 g/mol. The van der Waals surface area contributed by atoms with Gasteiger partial charge in [-0.05, 0) is 103 Å². The maximum atomic E-state index is 13.0. The van der Waals surface area contributed by atoms with Gasteiger partial charge in [0.25, 0.3) is 5.91 Å². The molecule has 4 heterocycles. The average molecular weight is 876 g/mol. The van der Waals surface area contributed by atoms with E-state index in [-0.39, 0.29) is 23.3 Å². The number of carbonyl (C=O) groups is 1. The second-order valence-corrected chi connectivity index (χ2v) is 14.8. The molecule has 0 spiro atoms. The number of ether oxygens (including phenoxy) is 2. The smallest absolute Gasteiger partial charge is 0.406 e. The number of aryl methyl sites for hydroxylation is 1. The van der Waals surface area contributed by atoms with Crippen molar-refractivity contribution in [1.29, 1.82) is 0 Å². The van der Waals surface area contributed by atoms with Gasteiger partial charge in [-0.2, -0.15) is 0 Å². The van der Waals surface area contributed by atoms with Crippen LogP contribution in [0.2, 0.25) is 5.02 Å². The molecule has 0 bridgehead atoms. The van der Waals surface area contributed by atoms with E-state index < -0.39 is 12.7 Å². The first kappa shape index (κ1) is 43.5. The molecule has 3 aromatic heterocycles. The molecule has 4 aromatic carbocycles. The number of carbonyl (C=O) groups excluding carboxylic acids is 1. The Balaban J connectivity index is 0.000000213. The molecule has 0 radical (unpaired) electrons. The Morgan fingerprint density at radius 1 is 0.774 bits per heavy atom. The molecule has 0 saturated carbocycles. The molecule has 1 aliphatic heterocycles. The van der Waals surface area contributed by atoms with Crippen molar-refractivity contribution in [3.8, 4) is 11.5 Å². The molecule has 0 aliphatic carbocycles. The Morgan fingerprint density at radius 2 is 1.39 bits per heavy atom. The molecule has 322 valence electrons. The van der Waals surface area contributed by atoms with Crippen LogP contribution in [0.5, 0.6) is 11.5 Å². The van der Waals surface area contributed by atoms with Gasteiger partial charge in [0.2, 0.25) is 0 Å². The number of hydrogen-bond donors (Lipinski definition) is 2. The summed E-state index contributed by atoms with van der Waals surface area (Å²) in [4.78, 5) is 28.3. The lowest BCUT2D eigenvalue weighted by molar-refractivity contribution is -0.275. The van der Waals surface area contributed by atoms with Gasteiger partial charge in [-0.15, -0.1) is 26.3 Å². The van der Waals surface area contributed by atoms with E-state index in [0.717, 1.165) is 64.9 Å². The molecule has 1 aliphatic rings. The third kappa shape index (κ3) is 11.4. The van der Waals surface area contributed by atoms with Crippen molar-refractivity contribution >= 4 is 45.6 Å². The highest BCUT2D eigenvalue weighted by molar-refractivity contribution is 6.30. The molecule has 0 unspecified atom stereocenters. The number of piperidine rings is 1. The third-order valence-corrected chi connectivity index (χ3v) is 10.4. The number of imidazole rings is 1. The molecule has 1 amide bonds. The molecule has 8 rings (SSSR count). The zero-order valence-corrected chi connectivity index (χ0v) is 33.9. The number of alkyl halides is 6. The first-order valence-electron chi connectivity index (χ1n) is 19.6. The van der Waals surface area contributed by atoms with Crippen molar-refractivity contribution in [3.63, 3.8) is 0 Å². The highest BCUT2D eigenvalue weighted by Gasteiger charge is 2.32. The quantitative estimate of drug-likeness (QED) is 0.124. The van der Waals surface area contributed by atoms with Gasteiger partial charge < -0.3 is 25.0 Å². The normalized spacial score (nSPS) is 13.4. The van der Waals surface area contributed by atoms with Gasteiger partial charge in [0, 0.05) is 43.4 Å². The number of anilines is 2. The van der Waals surface area contributed by atoms with Crippen LogP contribution in [-0.4, -0.2) is 51.1 Å². The van der Waals surface area contributed by atoms with Crippen molar-refractivity contribution in [2.75, 3.05) is 23.3 Å². The number of nitrogens with zero attached hydrogens (tertiary/aromatic N) is 5. The van der Waals surface area contributed by atoms with Gasteiger partial charge in [0.1, 0.15) is 35.0 Å². The van der Waals surface area contributed by atoms with Crippen LogP contribution in [0.25, 0.3) is 16.6 Å². The van der Waals surface area contributed by atoms with Crippen LogP contribution in [0.4, 0.5) is 37.8 Å². The summed E-state index contributed by atoms with van der Waals surface area (Å²) in [5.41, 5.74) is 6.63. The summed E-state index contributed by atoms with van der Waals surface area (Å²) < 4.78 is 83.1. The van der Waals surface area contributed by atoms with Crippen LogP contribution in [0.3, 0.4) is 0 Å². The van der Waals surface area contributed by atoms with Crippen molar-refractivity contribution in [3.05, 3.63) is 155 Å². The lowest BCUT2D eigenvalue weighted by atomic mass is 9.89. The van der Waals surface area contributed by atoms with Crippen molar-refractivity contribution in [1.82, 2.24) is 24.7 Å². The third-order valence-electron chi connectivity index (χ3n) is 10.2. The molecule has 2 N–H and O–H groups in total. The van der Waals surface area contributed by atoms with E-state index in [1.807, 2.05) is 43.3 Å². The zero-order chi connectivity index (χ0) is 43.9. The lowest BCUT2D eigenvalue weighted by Gasteiger charge is -2.34. The molecular formula is C45H40ClF6N7O3. The Kier molecular flexibility index (Phi) is 13.4. The summed E-state index contributed by atoms with van der Waals surface area (Å²) in [6.45, 7) is 4.46. The first-order chi connectivity index (χ1) is 29.7. The van der Waals surface area contributed by atoms with E-state index in [1.165, 1.54) is 30.6 Å². The van der Waals surface area contributed by atoms with Crippen LogP contribution in [-0.2, 0) is 19.5 Å². The van der Waals surface area contributed by atoms with Gasteiger partial charge in [0.05, 0.1) is 16.2 Å². The molecular weight excluding hydrogens is 836 g/mol. The van der Waals surface area contributed by atoms with E-state index in [1.54, 1.807) is 47.0 Å². The van der Waals surface area contributed by atoms with E-state index in [2.05, 4.69) is 52.1 Å². The molecule has 0 atom stereocenters. The number of pyridine rings is 1. The zero-order valence-electron chi connectivity index (χ0n) is 33.2. The maximum absolute atomic E-state index is 13.0. The molecule has 1 saturated heterocycles. The van der Waals surface area contributed by atoms with Crippen molar-refractivity contribution < 1.29 is 40.6 Å². The maximum Gasteiger partial charge on any atom is 0.573 e. The fourth-order valence-corrected chi connectivity index (χ4v) is 7.36. The summed E-state index contributed by atoms with van der Waals surface area (Å²) in [5, 5.41) is 7.57. The Morgan fingerprint density at radius 3 is 2.03 bits per heavy atom. The van der Waals surface area contributed by atoms with Crippen LogP contribution in [0, 0.1) is 0 Å². The Bertz CT molecular complexity index is 2590. The molecule has 7 aromatic rings. The number of hydrogen-bond acceptors (Lipinski definition) is 8. The molecule has 62 heavy (non-hydrogen) atoms. The molecule has 1 fully saturated rings. The highest BCUT2D eigenvalue weighted by Crippen LogP contribution is 2.33. The van der Waals surface area contributed by atoms with Gasteiger partial charge in [-0.25, -0.2) is 15.0 Å². The highest BCUT2D eigenvalue weighted by atomic mass is 35.5. The minimum atomic E-state index is -4.68. The minimum absolute atomic E-state index is 0.200. The topological polar surface area (TPSA) is 106 Å². The first-order valence-corrected chi connectivity index (χ1v) is 20.0. The summed E-state index contributed by atoms with van der Waals surface area (Å²) in [6, 6.07) is 31.1. The van der Waals surface area contributed by atoms with E-state index in [0.29, 0.717) is 41.7 Å². The van der Waals surface area contributed by atoms with E-state index >= 15 is 0 Å². The van der Waals surface area contributed by atoms with Crippen molar-refractivity contribution in [2.24, 2.45) is 0 Å². The largest absolute Gasteiger partial charge is 0.573 e. The van der Waals surface area contributed by atoms with Gasteiger partial charge in [-0.1, -0.05) is 67.1 Å². The predicted octanol–water partition coefficient (Wildman–Crippen LogP) is 10.9. The summed E-state index contributed by atoms with van der Waals surface area (Å²) >= 11 is 6.14. The lowest BCUT2D eigenvalue weighted by Crippen LogP contribution is -2.32. The number of halogens is 7. The fourth-order valence-electron chi connectivity index (χ4n) is 7.20. The number of para-hydroxylation sites is 1. The van der Waals surface area contributed by atoms with E-state index in [4.69, 9.17) is 11.6 Å². The van der Waals surface area contributed by atoms with Crippen LogP contribution in [0.1, 0.15) is 58.6 Å². The number of nitrogens with one attached hydrogen (secondary N) is 2. The summed E-state index contributed by atoms with van der Waals surface area (Å²) in [7, 11) is 0. The Hall–Kier alpha value is -6.55. The summed E-state index contributed by atoms with van der Waals surface area (Å²) in [5.74, 6) is 0.317. The molecule has 10 nitrogen and oxygen atoms in total. The van der Waals surface area contributed by atoms with Gasteiger partial charge in [0.15, 0.2) is 0 Å². The van der Waals surface area contributed by atoms with Gasteiger partial charge in [-0.3, -0.25) is 9.20 Å². The van der Waals surface area contributed by atoms with Crippen molar-refractivity contribution in [2.45, 2.75) is 57.9 Å². The van der Waals surface area contributed by atoms with Crippen LogP contribution >= 0.6 is 11.6 Å². The Labute approximate surface area is 357 Å². The van der Waals surface area contributed by atoms with Crippen LogP contribution in [0.15, 0.2) is 122 Å². The average Bonchev–Trinajstić information content (AvgIpc) is 3.63. The SMILES string of the molecule is CCc1nc2ccc(Cl)cn2c1C(=O)NCc1ccc(N2CCC(c3ccc(OC(F)(F)F)cc3)CC2)cc1.FC(F)(F)Oc1ccc(CNc2ncnc3ccccc23)cc1. The standard InChI is InChI=1S/C29H28ClF3N4O2.C16H12F3N3O/c1-2-25-27(37-18-22(30)7-12-26(37)35-25)28(38)34-17-19-3-8-23(9-4-19)36-15-13-21(14-16-36)20-5-10-24(11-6-20)39-29(31,32)33;17-16(18,19)23-12-7-5-11(6-8-12)9-20-15-13-3-1-2-4-14(13)21-10-22-15/h3-12,18,21H,2,13-17H2,1H3,(H,34,38);1-8,10H,9H2,(H,20,21,22). The van der Waals surface area contributed by atoms with E-state index in [9.17, 15) is 31.1 Å². The summed E-state index contributed by atoms with van der Waals surface area (Å²) in [6.07, 6.45) is -3.76. The predicted molar refractivity (Wildman–Crippen MR) is 224 cm³/mol. The number of benzene rings is 4. The number of aromatic nitrogens is 4. The fraction of sp³-hybridized carbons (Fsp3) is 0.244. The van der Waals surface area contributed by atoms with Crippen LogP contribution < -0.4 is 25.0 Å². The number of fused-ring (bicyclic) bond motifs is 2. The second-order valence-electron chi connectivity index (χ2n) is 14.3. The number of amides is 1. The number of rotatable bonds is 11. The molecule has 17 heteroatoms. The van der Waals surface area contributed by atoms with Gasteiger partial charge >= 0.3 is 12.7 Å².